The number of nitrogens with zero attached hydrogens (tertiary/aromatic N) is 1. The molecule has 0 atom stereocenters. The summed E-state index contributed by atoms with van der Waals surface area (Å²) in [4.78, 5) is 5.21. The van der Waals surface area contributed by atoms with Gasteiger partial charge >= 0.3 is 0 Å². The first-order chi connectivity index (χ1) is 9.78. The van der Waals surface area contributed by atoms with Crippen LogP contribution < -0.4 is 5.32 Å². The highest BCUT2D eigenvalue weighted by molar-refractivity contribution is 7.98. The minimum Gasteiger partial charge on any atom is -0.387 e. The minimum atomic E-state index is -0.410. The summed E-state index contributed by atoms with van der Waals surface area (Å²) in [5.41, 5.74) is 3.34. The van der Waals surface area contributed by atoms with Crippen LogP contribution in [0.15, 0.2) is 41.3 Å². The van der Waals surface area contributed by atoms with Gasteiger partial charge in [-0.2, -0.15) is 4.39 Å². The fourth-order valence-electron chi connectivity index (χ4n) is 2.31. The van der Waals surface area contributed by atoms with E-state index in [1.54, 1.807) is 17.8 Å². The van der Waals surface area contributed by atoms with Crippen molar-refractivity contribution in [2.24, 2.45) is 0 Å². The molecule has 1 aromatic heterocycles. The summed E-state index contributed by atoms with van der Waals surface area (Å²) in [5, 5.41) is 3.25. The number of halogens is 1. The molecule has 2 aromatic rings. The molecule has 0 unspecified atom stereocenters. The second kappa shape index (κ2) is 5.83. The number of aromatic nitrogens is 1. The Balaban J connectivity index is 1.82. The largest absolute Gasteiger partial charge is 0.387 e. The highest BCUT2D eigenvalue weighted by Crippen LogP contribution is 2.46. The zero-order valence-corrected chi connectivity index (χ0v) is 12.2. The smallest absolute Gasteiger partial charge is 0.213 e. The summed E-state index contributed by atoms with van der Waals surface area (Å²) >= 11 is 1.74. The number of pyridine rings is 1. The molecule has 1 aliphatic rings. The van der Waals surface area contributed by atoms with Crippen molar-refractivity contribution in [1.82, 2.24) is 4.98 Å². The van der Waals surface area contributed by atoms with Crippen molar-refractivity contribution in [3.8, 4) is 0 Å². The van der Waals surface area contributed by atoms with Crippen molar-refractivity contribution < 1.29 is 4.39 Å². The van der Waals surface area contributed by atoms with Gasteiger partial charge in [0.25, 0.3) is 0 Å². The van der Waals surface area contributed by atoms with Crippen LogP contribution in [0.2, 0.25) is 0 Å². The first-order valence-corrected chi connectivity index (χ1v) is 7.81. The van der Waals surface area contributed by atoms with E-state index in [0.717, 1.165) is 11.4 Å². The molecule has 0 amide bonds. The molecule has 2 nitrogen and oxygen atoms in total. The summed E-state index contributed by atoms with van der Waals surface area (Å²) in [6.07, 6.45) is 2.55. The Morgan fingerprint density at radius 3 is 2.75 bits per heavy atom. The standard InChI is InChI=1S/C16H17FN2S/c1-18-14-6-3-5-13(11-8-9-11)16(14)20-10-12-4-2-7-15(17)19-12/h2-7,11,18H,8-10H2,1H3. The molecule has 1 aliphatic carbocycles. The van der Waals surface area contributed by atoms with Crippen LogP contribution in [0.1, 0.15) is 30.0 Å². The normalized spacial score (nSPS) is 14.3. The quantitative estimate of drug-likeness (QED) is 0.650. The summed E-state index contributed by atoms with van der Waals surface area (Å²) in [6, 6.07) is 11.4. The number of benzene rings is 1. The SMILES string of the molecule is CNc1cccc(C2CC2)c1SCc1cccc(F)n1. The highest BCUT2D eigenvalue weighted by atomic mass is 32.2. The van der Waals surface area contributed by atoms with Crippen molar-refractivity contribution in [2.45, 2.75) is 29.4 Å². The highest BCUT2D eigenvalue weighted by Gasteiger charge is 2.27. The maximum atomic E-state index is 13.1. The molecule has 0 spiro atoms. The molecule has 1 saturated carbocycles. The Bertz CT molecular complexity index is 611. The molecule has 104 valence electrons. The van der Waals surface area contributed by atoms with E-state index >= 15 is 0 Å². The molecule has 1 fully saturated rings. The fraction of sp³-hybridized carbons (Fsp3) is 0.312. The van der Waals surface area contributed by atoms with E-state index in [1.807, 2.05) is 13.1 Å². The van der Waals surface area contributed by atoms with Crippen LogP contribution >= 0.6 is 11.8 Å². The fourth-order valence-corrected chi connectivity index (χ4v) is 3.49. The van der Waals surface area contributed by atoms with E-state index in [4.69, 9.17) is 0 Å². The number of thioether (sulfide) groups is 1. The monoisotopic (exact) mass is 288 g/mol. The van der Waals surface area contributed by atoms with Gasteiger partial charge in [0.05, 0.1) is 5.69 Å². The number of rotatable bonds is 5. The van der Waals surface area contributed by atoms with Crippen molar-refractivity contribution >= 4 is 17.4 Å². The molecule has 1 N–H and O–H groups in total. The number of nitrogens with one attached hydrogen (secondary N) is 1. The van der Waals surface area contributed by atoms with E-state index < -0.39 is 5.95 Å². The maximum absolute atomic E-state index is 13.1. The van der Waals surface area contributed by atoms with E-state index in [2.05, 4.69) is 28.5 Å². The molecule has 0 radical (unpaired) electrons. The zero-order chi connectivity index (χ0) is 13.9. The van der Waals surface area contributed by atoms with E-state index in [-0.39, 0.29) is 0 Å². The molecular formula is C16H17FN2S. The Hall–Kier alpha value is -1.55. The molecule has 0 aliphatic heterocycles. The third kappa shape index (κ3) is 2.96. The molecule has 0 saturated heterocycles. The molecule has 20 heavy (non-hydrogen) atoms. The first kappa shape index (κ1) is 13.4. The van der Waals surface area contributed by atoms with Crippen LogP contribution in [0.5, 0.6) is 0 Å². The minimum absolute atomic E-state index is 0.410. The van der Waals surface area contributed by atoms with Gasteiger partial charge in [-0.05, 0) is 42.5 Å². The van der Waals surface area contributed by atoms with Crippen molar-refractivity contribution in [3.63, 3.8) is 0 Å². The topological polar surface area (TPSA) is 24.9 Å². The van der Waals surface area contributed by atoms with Crippen molar-refractivity contribution in [2.75, 3.05) is 12.4 Å². The summed E-state index contributed by atoms with van der Waals surface area (Å²) < 4.78 is 13.1. The van der Waals surface area contributed by atoms with Gasteiger partial charge < -0.3 is 5.32 Å². The Morgan fingerprint density at radius 1 is 1.25 bits per heavy atom. The van der Waals surface area contributed by atoms with Gasteiger partial charge in [-0.15, -0.1) is 11.8 Å². The van der Waals surface area contributed by atoms with Crippen molar-refractivity contribution in [3.05, 3.63) is 53.6 Å². The molecule has 4 heteroatoms. The number of hydrogen-bond donors (Lipinski definition) is 1. The molecule has 1 heterocycles. The average Bonchev–Trinajstić information content (AvgIpc) is 3.29. The third-order valence-corrected chi connectivity index (χ3v) is 4.65. The zero-order valence-electron chi connectivity index (χ0n) is 11.4. The predicted molar refractivity (Wildman–Crippen MR) is 81.7 cm³/mol. The van der Waals surface area contributed by atoms with E-state index in [9.17, 15) is 4.39 Å². The number of anilines is 1. The second-order valence-electron chi connectivity index (χ2n) is 4.99. The maximum Gasteiger partial charge on any atom is 0.213 e. The Kier molecular flexibility index (Phi) is 3.92. The van der Waals surface area contributed by atoms with Crippen LogP contribution in [0.25, 0.3) is 0 Å². The van der Waals surface area contributed by atoms with Gasteiger partial charge in [-0.25, -0.2) is 4.98 Å². The van der Waals surface area contributed by atoms with Gasteiger partial charge in [-0.3, -0.25) is 0 Å². The van der Waals surface area contributed by atoms with Gasteiger partial charge in [-0.1, -0.05) is 18.2 Å². The molecule has 0 bridgehead atoms. The first-order valence-electron chi connectivity index (χ1n) is 6.83. The van der Waals surface area contributed by atoms with E-state index in [1.165, 1.54) is 29.4 Å². The van der Waals surface area contributed by atoms with Gasteiger partial charge in [0, 0.05) is 23.4 Å². The van der Waals surface area contributed by atoms with E-state index in [0.29, 0.717) is 11.7 Å². The lowest BCUT2D eigenvalue weighted by molar-refractivity contribution is 0.579. The summed E-state index contributed by atoms with van der Waals surface area (Å²) in [5.74, 6) is 0.981. The molecule has 3 rings (SSSR count). The molecular weight excluding hydrogens is 271 g/mol. The van der Waals surface area contributed by atoms with Gasteiger partial charge in [0.2, 0.25) is 5.95 Å². The summed E-state index contributed by atoms with van der Waals surface area (Å²) in [6.45, 7) is 0. The van der Waals surface area contributed by atoms with Crippen LogP contribution in [-0.2, 0) is 5.75 Å². The van der Waals surface area contributed by atoms with Crippen LogP contribution in [0.4, 0.5) is 10.1 Å². The lowest BCUT2D eigenvalue weighted by Crippen LogP contribution is -1.96. The van der Waals surface area contributed by atoms with Crippen LogP contribution in [-0.4, -0.2) is 12.0 Å². The second-order valence-corrected chi connectivity index (χ2v) is 5.97. The Morgan fingerprint density at radius 2 is 2.05 bits per heavy atom. The number of hydrogen-bond acceptors (Lipinski definition) is 3. The van der Waals surface area contributed by atoms with Crippen molar-refractivity contribution in [1.29, 1.82) is 0 Å². The summed E-state index contributed by atoms with van der Waals surface area (Å²) in [7, 11) is 1.94. The van der Waals surface area contributed by atoms with Gasteiger partial charge in [0.1, 0.15) is 0 Å². The Labute approximate surface area is 122 Å². The third-order valence-electron chi connectivity index (χ3n) is 3.47. The lowest BCUT2D eigenvalue weighted by atomic mass is 10.1. The lowest BCUT2D eigenvalue weighted by Gasteiger charge is -2.13. The average molecular weight is 288 g/mol. The van der Waals surface area contributed by atoms with Gasteiger partial charge in [0.15, 0.2) is 0 Å². The predicted octanol–water partition coefficient (Wildman–Crippen LogP) is 4.43. The van der Waals surface area contributed by atoms with Crippen LogP contribution in [0.3, 0.4) is 0 Å². The van der Waals surface area contributed by atoms with Crippen LogP contribution in [0, 0.1) is 5.95 Å². The molecule has 1 aromatic carbocycles.